The zero-order valence-electron chi connectivity index (χ0n) is 17.2. The fraction of sp³-hybridized carbons (Fsp3) is 0.391. The number of anilines is 1. The smallest absolute Gasteiger partial charge is 0.259 e. The molecule has 1 aliphatic heterocycles. The van der Waals surface area contributed by atoms with Crippen molar-refractivity contribution in [3.05, 3.63) is 58.1 Å². The van der Waals surface area contributed by atoms with Crippen molar-refractivity contribution in [3.63, 3.8) is 0 Å². The van der Waals surface area contributed by atoms with Crippen LogP contribution in [0.15, 0.2) is 46.9 Å². The van der Waals surface area contributed by atoms with Crippen molar-refractivity contribution in [2.45, 2.75) is 25.7 Å². The second-order valence-corrected chi connectivity index (χ2v) is 8.10. The molecule has 6 nitrogen and oxygen atoms in total. The number of nitrogens with one attached hydrogen (secondary N) is 1. The molecule has 1 N–H and O–H groups in total. The molecule has 0 saturated carbocycles. The predicted octanol–water partition coefficient (Wildman–Crippen LogP) is 4.74. The normalized spacial score (nSPS) is 14.1. The first-order chi connectivity index (χ1) is 14.6. The molecule has 1 saturated heterocycles. The molecule has 1 aliphatic rings. The lowest BCUT2D eigenvalue weighted by molar-refractivity contribution is 0.0762. The summed E-state index contributed by atoms with van der Waals surface area (Å²) in [5.74, 6) is 0.0857. The fourth-order valence-corrected chi connectivity index (χ4v) is 3.81. The lowest BCUT2D eigenvalue weighted by Gasteiger charge is -2.22. The molecule has 160 valence electrons. The molecule has 7 heteroatoms. The maximum Gasteiger partial charge on any atom is 0.259 e. The van der Waals surface area contributed by atoms with Gasteiger partial charge in [-0.05, 0) is 43.2 Å². The van der Waals surface area contributed by atoms with Crippen LogP contribution in [0.1, 0.15) is 46.4 Å². The lowest BCUT2D eigenvalue weighted by Crippen LogP contribution is -2.32. The van der Waals surface area contributed by atoms with Crippen LogP contribution in [0.3, 0.4) is 0 Å². The average molecular weight is 475 g/mol. The van der Waals surface area contributed by atoms with Gasteiger partial charge in [0.2, 0.25) is 0 Å². The van der Waals surface area contributed by atoms with Gasteiger partial charge in [-0.3, -0.25) is 9.59 Å². The third-order valence-corrected chi connectivity index (χ3v) is 5.52. The molecular weight excluding hydrogens is 448 g/mol. The van der Waals surface area contributed by atoms with Gasteiger partial charge in [-0.25, -0.2) is 0 Å². The largest absolute Gasteiger partial charge is 0.490 e. The maximum atomic E-state index is 13.1. The van der Waals surface area contributed by atoms with Gasteiger partial charge in [0.25, 0.3) is 11.8 Å². The SMILES string of the molecule is COCCOc1ccc(Br)cc1C(=O)Nc1ccccc1C(=O)N1CCCCCC1. The van der Waals surface area contributed by atoms with Crippen LogP contribution < -0.4 is 10.1 Å². The number of methoxy groups -OCH3 is 1. The van der Waals surface area contributed by atoms with Gasteiger partial charge >= 0.3 is 0 Å². The number of amides is 2. The minimum atomic E-state index is -0.333. The second-order valence-electron chi connectivity index (χ2n) is 7.19. The number of nitrogens with zero attached hydrogens (tertiary/aromatic N) is 1. The third-order valence-electron chi connectivity index (χ3n) is 5.03. The Bertz CT molecular complexity index is 879. The van der Waals surface area contributed by atoms with E-state index < -0.39 is 0 Å². The van der Waals surface area contributed by atoms with Gasteiger partial charge in [0.05, 0.1) is 23.4 Å². The van der Waals surface area contributed by atoms with Crippen LogP contribution in [0, 0.1) is 0 Å². The topological polar surface area (TPSA) is 67.9 Å². The highest BCUT2D eigenvalue weighted by Gasteiger charge is 2.22. The standard InChI is InChI=1S/C23H27BrN2O4/c1-29-14-15-30-21-11-10-17(24)16-19(21)22(27)25-20-9-5-4-8-18(20)23(28)26-12-6-2-3-7-13-26/h4-5,8-11,16H,2-3,6-7,12-15H2,1H3,(H,25,27). The Balaban J connectivity index is 1.81. The fourth-order valence-electron chi connectivity index (χ4n) is 3.45. The quantitative estimate of drug-likeness (QED) is 0.588. The minimum absolute atomic E-state index is 0.0430. The number of hydrogen-bond donors (Lipinski definition) is 1. The summed E-state index contributed by atoms with van der Waals surface area (Å²) in [4.78, 5) is 28.1. The molecule has 1 heterocycles. The molecule has 2 aromatic carbocycles. The van der Waals surface area contributed by atoms with Gasteiger partial charge in [0.1, 0.15) is 12.4 Å². The number of benzene rings is 2. The summed E-state index contributed by atoms with van der Waals surface area (Å²) in [5, 5.41) is 2.90. The van der Waals surface area contributed by atoms with E-state index in [1.807, 2.05) is 23.1 Å². The van der Waals surface area contributed by atoms with E-state index in [2.05, 4.69) is 21.2 Å². The Hall–Kier alpha value is -2.38. The first-order valence-electron chi connectivity index (χ1n) is 10.2. The van der Waals surface area contributed by atoms with Crippen molar-refractivity contribution in [1.29, 1.82) is 0 Å². The minimum Gasteiger partial charge on any atom is -0.490 e. The maximum absolute atomic E-state index is 13.1. The number of para-hydroxylation sites is 1. The molecule has 0 unspecified atom stereocenters. The summed E-state index contributed by atoms with van der Waals surface area (Å²) in [6, 6.07) is 12.4. The van der Waals surface area contributed by atoms with Crippen molar-refractivity contribution >= 4 is 33.4 Å². The van der Waals surface area contributed by atoms with Gasteiger partial charge in [0.15, 0.2) is 0 Å². The Morgan fingerprint density at radius 3 is 2.47 bits per heavy atom. The predicted molar refractivity (Wildman–Crippen MR) is 120 cm³/mol. The molecule has 0 aromatic heterocycles. The third kappa shape index (κ3) is 5.83. The number of carbonyl (C=O) groups excluding carboxylic acids is 2. The zero-order chi connectivity index (χ0) is 21.3. The lowest BCUT2D eigenvalue weighted by atomic mass is 10.1. The summed E-state index contributed by atoms with van der Waals surface area (Å²) < 4.78 is 11.5. The second kappa shape index (κ2) is 11.1. The number of likely N-dealkylation sites (tertiary alicyclic amines) is 1. The van der Waals surface area contributed by atoms with Gasteiger partial charge in [-0.2, -0.15) is 0 Å². The molecule has 3 rings (SSSR count). The monoisotopic (exact) mass is 474 g/mol. The first kappa shape index (κ1) is 22.3. The van der Waals surface area contributed by atoms with Crippen molar-refractivity contribution < 1.29 is 19.1 Å². The van der Waals surface area contributed by atoms with Crippen LogP contribution >= 0.6 is 15.9 Å². The summed E-state index contributed by atoms with van der Waals surface area (Å²) in [7, 11) is 1.59. The Kier molecular flexibility index (Phi) is 8.28. The van der Waals surface area contributed by atoms with Gasteiger partial charge in [-0.1, -0.05) is 40.9 Å². The summed E-state index contributed by atoms with van der Waals surface area (Å²) >= 11 is 3.41. The molecule has 0 aliphatic carbocycles. The highest BCUT2D eigenvalue weighted by Crippen LogP contribution is 2.26. The molecule has 0 spiro atoms. The Morgan fingerprint density at radius 1 is 1.00 bits per heavy atom. The van der Waals surface area contributed by atoms with E-state index in [9.17, 15) is 9.59 Å². The van der Waals surface area contributed by atoms with Crippen molar-refractivity contribution in [1.82, 2.24) is 4.90 Å². The van der Waals surface area contributed by atoms with Gasteiger partial charge in [-0.15, -0.1) is 0 Å². The number of hydrogen-bond acceptors (Lipinski definition) is 4. The Morgan fingerprint density at radius 2 is 1.73 bits per heavy atom. The first-order valence-corrected chi connectivity index (χ1v) is 11.0. The summed E-state index contributed by atoms with van der Waals surface area (Å²) in [5.41, 5.74) is 1.39. The highest BCUT2D eigenvalue weighted by molar-refractivity contribution is 9.10. The van der Waals surface area contributed by atoms with E-state index in [-0.39, 0.29) is 11.8 Å². The average Bonchev–Trinajstić information content (AvgIpc) is 3.04. The van der Waals surface area contributed by atoms with Gasteiger partial charge in [0, 0.05) is 24.7 Å². The zero-order valence-corrected chi connectivity index (χ0v) is 18.7. The van der Waals surface area contributed by atoms with Gasteiger partial charge < -0.3 is 19.7 Å². The number of carbonyl (C=O) groups is 2. The van der Waals surface area contributed by atoms with Crippen molar-refractivity contribution in [2.24, 2.45) is 0 Å². The van der Waals surface area contributed by atoms with E-state index in [1.54, 1.807) is 31.4 Å². The molecular formula is C23H27BrN2O4. The van der Waals surface area contributed by atoms with Crippen LogP contribution in [0.5, 0.6) is 5.75 Å². The molecule has 30 heavy (non-hydrogen) atoms. The number of halogens is 1. The van der Waals surface area contributed by atoms with E-state index in [1.165, 1.54) is 0 Å². The number of ether oxygens (including phenoxy) is 2. The van der Waals surface area contributed by atoms with Crippen LogP contribution in [0.4, 0.5) is 5.69 Å². The summed E-state index contributed by atoms with van der Waals surface area (Å²) in [6.45, 7) is 2.27. The molecule has 2 amide bonds. The molecule has 0 atom stereocenters. The Labute approximate surface area is 185 Å². The van der Waals surface area contributed by atoms with Crippen LogP contribution in [-0.4, -0.2) is 50.1 Å². The van der Waals surface area contributed by atoms with E-state index in [0.717, 1.165) is 43.2 Å². The van der Waals surface area contributed by atoms with E-state index >= 15 is 0 Å². The molecule has 1 fully saturated rings. The number of rotatable bonds is 7. The van der Waals surface area contributed by atoms with E-state index in [4.69, 9.17) is 9.47 Å². The molecule has 2 aromatic rings. The van der Waals surface area contributed by atoms with Crippen LogP contribution in [0.2, 0.25) is 0 Å². The van der Waals surface area contributed by atoms with Crippen LogP contribution in [0.25, 0.3) is 0 Å². The molecule has 0 radical (unpaired) electrons. The molecule has 0 bridgehead atoms. The van der Waals surface area contributed by atoms with Crippen molar-refractivity contribution in [3.8, 4) is 5.75 Å². The van der Waals surface area contributed by atoms with Crippen LogP contribution in [-0.2, 0) is 4.74 Å². The van der Waals surface area contributed by atoms with Crippen molar-refractivity contribution in [2.75, 3.05) is 38.7 Å². The highest BCUT2D eigenvalue weighted by atomic mass is 79.9. The summed E-state index contributed by atoms with van der Waals surface area (Å²) in [6.07, 6.45) is 4.33. The van der Waals surface area contributed by atoms with E-state index in [0.29, 0.717) is 35.8 Å².